The lowest BCUT2D eigenvalue weighted by Gasteiger charge is -2.32. The highest BCUT2D eigenvalue weighted by Crippen LogP contribution is 2.35. The van der Waals surface area contributed by atoms with Crippen molar-refractivity contribution in [1.29, 1.82) is 0 Å². The molecule has 3 N–H and O–H groups in total. The van der Waals surface area contributed by atoms with Crippen LogP contribution in [0.1, 0.15) is 6.92 Å². The van der Waals surface area contributed by atoms with Crippen LogP contribution in [0.15, 0.2) is 18.2 Å². The summed E-state index contributed by atoms with van der Waals surface area (Å²) in [6.07, 6.45) is -0.541. The monoisotopic (exact) mass is 222 g/mol. The molecule has 86 valence electrons. The average molecular weight is 222 g/mol. The van der Waals surface area contributed by atoms with E-state index in [0.717, 1.165) is 0 Å². The fourth-order valence-corrected chi connectivity index (χ4v) is 1.76. The van der Waals surface area contributed by atoms with Crippen molar-refractivity contribution in [2.24, 2.45) is 0 Å². The van der Waals surface area contributed by atoms with Gasteiger partial charge in [-0.1, -0.05) is 0 Å². The fraction of sp³-hybridized carbons (Fsp3) is 0.364. The number of nitrogens with zero attached hydrogens (tertiary/aromatic N) is 1. The lowest BCUT2D eigenvalue weighted by atomic mass is 10.1. The zero-order valence-corrected chi connectivity index (χ0v) is 9.01. The van der Waals surface area contributed by atoms with Gasteiger partial charge in [-0.05, 0) is 19.1 Å². The van der Waals surface area contributed by atoms with Crippen molar-refractivity contribution in [1.82, 2.24) is 0 Å². The molecule has 1 aromatic rings. The smallest absolute Gasteiger partial charge is 0.267 e. The normalized spacial score (nSPS) is 19.2. The Labute approximate surface area is 93.4 Å². The van der Waals surface area contributed by atoms with Crippen molar-refractivity contribution in [3.05, 3.63) is 18.2 Å². The van der Waals surface area contributed by atoms with Crippen LogP contribution in [-0.4, -0.2) is 30.3 Å². The Balaban J connectivity index is 2.43. The standard InChI is InChI=1S/C11H14N2O3/c1-7-11(15)13(4-5-14)9-3-2-8(12)6-10(9)16-7/h2-3,6-7,14H,4-5,12H2,1H3. The van der Waals surface area contributed by atoms with Crippen molar-refractivity contribution in [3.8, 4) is 5.75 Å². The third-order valence-corrected chi connectivity index (χ3v) is 2.52. The van der Waals surface area contributed by atoms with Gasteiger partial charge < -0.3 is 20.5 Å². The third-order valence-electron chi connectivity index (χ3n) is 2.52. The van der Waals surface area contributed by atoms with E-state index in [2.05, 4.69) is 0 Å². The lowest BCUT2D eigenvalue weighted by Crippen LogP contribution is -2.45. The van der Waals surface area contributed by atoms with E-state index in [1.807, 2.05) is 0 Å². The van der Waals surface area contributed by atoms with Crippen molar-refractivity contribution < 1.29 is 14.6 Å². The number of nitrogen functional groups attached to an aromatic ring is 1. The lowest BCUT2D eigenvalue weighted by molar-refractivity contribution is -0.125. The number of carbonyl (C=O) groups is 1. The Morgan fingerprint density at radius 3 is 3.00 bits per heavy atom. The van der Waals surface area contributed by atoms with Crippen molar-refractivity contribution >= 4 is 17.3 Å². The molecule has 5 nitrogen and oxygen atoms in total. The molecule has 2 rings (SSSR count). The van der Waals surface area contributed by atoms with E-state index < -0.39 is 6.10 Å². The van der Waals surface area contributed by atoms with Crippen LogP contribution in [0, 0.1) is 0 Å². The molecule has 1 atom stereocenters. The largest absolute Gasteiger partial charge is 0.479 e. The van der Waals surface area contributed by atoms with Gasteiger partial charge in [0.25, 0.3) is 5.91 Å². The minimum Gasteiger partial charge on any atom is -0.479 e. The first-order valence-electron chi connectivity index (χ1n) is 5.12. The Bertz CT molecular complexity index is 420. The van der Waals surface area contributed by atoms with E-state index in [1.165, 1.54) is 4.90 Å². The van der Waals surface area contributed by atoms with Gasteiger partial charge in [0.15, 0.2) is 6.10 Å². The first-order chi connectivity index (χ1) is 7.63. The number of amides is 1. The Morgan fingerprint density at radius 2 is 2.31 bits per heavy atom. The van der Waals surface area contributed by atoms with Crippen LogP contribution in [0.5, 0.6) is 5.75 Å². The molecule has 0 aromatic heterocycles. The molecule has 1 aliphatic heterocycles. The molecule has 0 aliphatic carbocycles. The molecule has 1 aliphatic rings. The van der Waals surface area contributed by atoms with E-state index in [-0.39, 0.29) is 19.1 Å². The van der Waals surface area contributed by atoms with Gasteiger partial charge >= 0.3 is 0 Å². The maximum absolute atomic E-state index is 11.8. The summed E-state index contributed by atoms with van der Waals surface area (Å²) in [6, 6.07) is 5.11. The van der Waals surface area contributed by atoms with E-state index in [9.17, 15) is 4.79 Å². The second kappa shape index (κ2) is 4.02. The number of anilines is 2. The zero-order valence-electron chi connectivity index (χ0n) is 9.01. The molecule has 0 bridgehead atoms. The topological polar surface area (TPSA) is 75.8 Å². The summed E-state index contributed by atoms with van der Waals surface area (Å²) in [5.74, 6) is 0.437. The minimum atomic E-state index is -0.541. The highest BCUT2D eigenvalue weighted by Gasteiger charge is 2.30. The predicted molar refractivity (Wildman–Crippen MR) is 60.4 cm³/mol. The van der Waals surface area contributed by atoms with E-state index in [4.69, 9.17) is 15.6 Å². The summed E-state index contributed by atoms with van der Waals surface area (Å²) in [4.78, 5) is 13.3. The summed E-state index contributed by atoms with van der Waals surface area (Å²) >= 11 is 0. The second-order valence-electron chi connectivity index (χ2n) is 3.70. The fourth-order valence-electron chi connectivity index (χ4n) is 1.76. The molecule has 1 amide bonds. The van der Waals surface area contributed by atoms with Crippen LogP contribution in [-0.2, 0) is 4.79 Å². The van der Waals surface area contributed by atoms with E-state index in [1.54, 1.807) is 25.1 Å². The second-order valence-corrected chi connectivity index (χ2v) is 3.70. The summed E-state index contributed by atoms with van der Waals surface area (Å²) in [7, 11) is 0. The average Bonchev–Trinajstić information content (AvgIpc) is 2.24. The highest BCUT2D eigenvalue weighted by atomic mass is 16.5. The molecule has 1 heterocycles. The minimum absolute atomic E-state index is 0.0811. The number of β-amino-alcohol motifs (C(OH)–C–C–N with tert-alkyl or cyclic N) is 1. The maximum atomic E-state index is 11.8. The Kier molecular flexibility index (Phi) is 2.70. The SMILES string of the molecule is CC1Oc2cc(N)ccc2N(CCO)C1=O. The van der Waals surface area contributed by atoms with Crippen LogP contribution in [0.2, 0.25) is 0 Å². The van der Waals surface area contributed by atoms with Crippen molar-refractivity contribution in [3.63, 3.8) is 0 Å². The molecular weight excluding hydrogens is 208 g/mol. The Hall–Kier alpha value is -1.75. The maximum Gasteiger partial charge on any atom is 0.267 e. The summed E-state index contributed by atoms with van der Waals surface area (Å²) in [5.41, 5.74) is 6.89. The van der Waals surface area contributed by atoms with Gasteiger partial charge in [-0.15, -0.1) is 0 Å². The van der Waals surface area contributed by atoms with Crippen LogP contribution in [0.3, 0.4) is 0 Å². The predicted octanol–water partition coefficient (Wildman–Crippen LogP) is 0.375. The molecule has 0 saturated heterocycles. The third kappa shape index (κ3) is 1.69. The highest BCUT2D eigenvalue weighted by molar-refractivity contribution is 6.00. The van der Waals surface area contributed by atoms with Gasteiger partial charge in [0.1, 0.15) is 5.75 Å². The number of aliphatic hydroxyl groups is 1. The van der Waals surface area contributed by atoms with Crippen molar-refractivity contribution in [2.45, 2.75) is 13.0 Å². The molecule has 0 spiro atoms. The number of carbonyl (C=O) groups excluding carboxylic acids is 1. The van der Waals surface area contributed by atoms with Crippen LogP contribution in [0.4, 0.5) is 11.4 Å². The van der Waals surface area contributed by atoms with Gasteiger partial charge in [-0.2, -0.15) is 0 Å². The van der Waals surface area contributed by atoms with Gasteiger partial charge in [-0.25, -0.2) is 0 Å². The number of hydrogen-bond donors (Lipinski definition) is 2. The number of aliphatic hydroxyl groups excluding tert-OH is 1. The number of hydrogen-bond acceptors (Lipinski definition) is 4. The molecular formula is C11H14N2O3. The van der Waals surface area contributed by atoms with Gasteiger partial charge in [0, 0.05) is 18.3 Å². The molecule has 16 heavy (non-hydrogen) atoms. The number of benzene rings is 1. The van der Waals surface area contributed by atoms with Gasteiger partial charge in [0.2, 0.25) is 0 Å². The van der Waals surface area contributed by atoms with E-state index in [0.29, 0.717) is 17.1 Å². The molecule has 1 aromatic carbocycles. The summed E-state index contributed by atoms with van der Waals surface area (Å²) in [5, 5.41) is 8.94. The molecule has 5 heteroatoms. The first-order valence-corrected chi connectivity index (χ1v) is 5.12. The summed E-state index contributed by atoms with van der Waals surface area (Å²) < 4.78 is 5.45. The van der Waals surface area contributed by atoms with Gasteiger partial charge in [0.05, 0.1) is 12.3 Å². The van der Waals surface area contributed by atoms with Gasteiger partial charge in [-0.3, -0.25) is 4.79 Å². The number of rotatable bonds is 2. The molecule has 1 unspecified atom stereocenters. The zero-order chi connectivity index (χ0) is 11.7. The quantitative estimate of drug-likeness (QED) is 0.709. The van der Waals surface area contributed by atoms with E-state index >= 15 is 0 Å². The Morgan fingerprint density at radius 1 is 1.56 bits per heavy atom. The number of nitrogens with two attached hydrogens (primary N) is 1. The molecule has 0 radical (unpaired) electrons. The van der Waals surface area contributed by atoms with Crippen LogP contribution >= 0.6 is 0 Å². The molecule has 0 fully saturated rings. The van der Waals surface area contributed by atoms with Crippen LogP contribution < -0.4 is 15.4 Å². The summed E-state index contributed by atoms with van der Waals surface area (Å²) in [6.45, 7) is 1.87. The number of fused-ring (bicyclic) bond motifs is 1. The number of ether oxygens (including phenoxy) is 1. The van der Waals surface area contributed by atoms with Crippen LogP contribution in [0.25, 0.3) is 0 Å². The first kappa shape index (κ1) is 10.8. The molecule has 0 saturated carbocycles. The van der Waals surface area contributed by atoms with Crippen molar-refractivity contribution in [2.75, 3.05) is 23.8 Å².